The molecular formula is C25H31N3O2. The smallest absolute Gasteiger partial charge is 0.254 e. The lowest BCUT2D eigenvalue weighted by Crippen LogP contribution is -2.55. The van der Waals surface area contributed by atoms with E-state index in [1.165, 1.54) is 5.69 Å². The first-order chi connectivity index (χ1) is 14.7. The number of hydrogen-bond donors (Lipinski definition) is 0. The summed E-state index contributed by atoms with van der Waals surface area (Å²) >= 11 is 0. The highest BCUT2D eigenvalue weighted by Crippen LogP contribution is 2.23. The molecule has 30 heavy (non-hydrogen) atoms. The van der Waals surface area contributed by atoms with Crippen molar-refractivity contribution in [2.75, 3.05) is 50.8 Å². The van der Waals surface area contributed by atoms with Crippen molar-refractivity contribution in [1.29, 1.82) is 0 Å². The van der Waals surface area contributed by atoms with E-state index in [9.17, 15) is 4.79 Å². The van der Waals surface area contributed by atoms with Crippen molar-refractivity contribution in [3.05, 3.63) is 72.8 Å². The Morgan fingerprint density at radius 1 is 1.03 bits per heavy atom. The van der Waals surface area contributed by atoms with Gasteiger partial charge in [0, 0.05) is 56.6 Å². The van der Waals surface area contributed by atoms with Gasteiger partial charge in [0.15, 0.2) is 0 Å². The number of piperidine rings is 1. The maximum atomic E-state index is 13.1. The minimum atomic E-state index is 0.103. The van der Waals surface area contributed by atoms with E-state index in [1.807, 2.05) is 29.2 Å². The second-order valence-electron chi connectivity index (χ2n) is 8.03. The largest absolute Gasteiger partial charge is 0.490 e. The number of ether oxygens (including phenoxy) is 1. The van der Waals surface area contributed by atoms with Crippen LogP contribution in [0, 0.1) is 0 Å². The third-order valence-electron chi connectivity index (χ3n) is 6.08. The quantitative estimate of drug-likeness (QED) is 0.687. The van der Waals surface area contributed by atoms with Crippen molar-refractivity contribution in [1.82, 2.24) is 9.80 Å². The van der Waals surface area contributed by atoms with Crippen LogP contribution in [0.1, 0.15) is 23.2 Å². The maximum Gasteiger partial charge on any atom is 0.254 e. The third-order valence-corrected chi connectivity index (χ3v) is 6.08. The number of carbonyl (C=O) groups is 1. The Kier molecular flexibility index (Phi) is 6.70. The Balaban J connectivity index is 1.34. The van der Waals surface area contributed by atoms with E-state index < -0.39 is 0 Å². The van der Waals surface area contributed by atoms with Gasteiger partial charge in [0.25, 0.3) is 5.91 Å². The number of likely N-dealkylation sites (tertiary alicyclic amines) is 1. The van der Waals surface area contributed by atoms with Gasteiger partial charge >= 0.3 is 0 Å². The van der Waals surface area contributed by atoms with Crippen LogP contribution in [0.15, 0.2) is 67.3 Å². The summed E-state index contributed by atoms with van der Waals surface area (Å²) in [6.07, 6.45) is 3.93. The Hall–Kier alpha value is -2.79. The molecule has 0 saturated carbocycles. The Morgan fingerprint density at radius 2 is 1.83 bits per heavy atom. The van der Waals surface area contributed by atoms with E-state index in [2.05, 4.69) is 46.7 Å². The Bertz CT molecular complexity index is 846. The lowest BCUT2D eigenvalue weighted by atomic mass is 10.0. The van der Waals surface area contributed by atoms with Gasteiger partial charge in [0.2, 0.25) is 0 Å². The first-order valence-corrected chi connectivity index (χ1v) is 10.9. The van der Waals surface area contributed by atoms with Crippen LogP contribution in [0.4, 0.5) is 5.69 Å². The number of carbonyl (C=O) groups excluding carboxylic acids is 1. The Morgan fingerprint density at radius 3 is 2.60 bits per heavy atom. The topological polar surface area (TPSA) is 36.0 Å². The summed E-state index contributed by atoms with van der Waals surface area (Å²) in [5.41, 5.74) is 2.00. The molecule has 0 N–H and O–H groups in total. The van der Waals surface area contributed by atoms with Crippen LogP contribution in [-0.2, 0) is 0 Å². The summed E-state index contributed by atoms with van der Waals surface area (Å²) in [5.74, 6) is 0.818. The van der Waals surface area contributed by atoms with Crippen molar-refractivity contribution in [3.63, 3.8) is 0 Å². The van der Waals surface area contributed by atoms with Crippen LogP contribution in [0.5, 0.6) is 5.75 Å². The number of rotatable bonds is 6. The molecular weight excluding hydrogens is 374 g/mol. The molecule has 5 nitrogen and oxygen atoms in total. The molecule has 2 aromatic rings. The second kappa shape index (κ2) is 9.81. The van der Waals surface area contributed by atoms with Gasteiger partial charge < -0.3 is 14.5 Å². The summed E-state index contributed by atoms with van der Waals surface area (Å²) in [6.45, 7) is 9.93. The van der Waals surface area contributed by atoms with Crippen molar-refractivity contribution >= 4 is 11.6 Å². The lowest BCUT2D eigenvalue weighted by Gasteiger charge is -2.44. The molecule has 0 aromatic heterocycles. The zero-order valence-corrected chi connectivity index (χ0v) is 17.6. The van der Waals surface area contributed by atoms with Gasteiger partial charge in [0.1, 0.15) is 12.4 Å². The molecule has 158 valence electrons. The number of benzene rings is 2. The normalized spacial score (nSPS) is 20.1. The number of amides is 1. The molecule has 1 atom stereocenters. The summed E-state index contributed by atoms with van der Waals surface area (Å²) in [4.78, 5) is 20.2. The van der Waals surface area contributed by atoms with E-state index in [0.717, 1.165) is 52.1 Å². The highest BCUT2D eigenvalue weighted by molar-refractivity contribution is 5.94. The van der Waals surface area contributed by atoms with E-state index in [-0.39, 0.29) is 5.91 Å². The first kappa shape index (κ1) is 20.5. The van der Waals surface area contributed by atoms with Gasteiger partial charge in [-0.15, -0.1) is 0 Å². The van der Waals surface area contributed by atoms with Crippen LogP contribution in [-0.4, -0.2) is 67.6 Å². The number of hydrogen-bond acceptors (Lipinski definition) is 4. The predicted molar refractivity (Wildman–Crippen MR) is 121 cm³/mol. The molecule has 2 saturated heterocycles. The Labute approximate surface area is 179 Å². The summed E-state index contributed by atoms with van der Waals surface area (Å²) in [5, 5.41) is 0. The number of anilines is 1. The second-order valence-corrected chi connectivity index (χ2v) is 8.03. The van der Waals surface area contributed by atoms with Crippen LogP contribution in [0.3, 0.4) is 0 Å². The molecule has 0 radical (unpaired) electrons. The molecule has 1 unspecified atom stereocenters. The molecule has 2 aliphatic rings. The zero-order chi connectivity index (χ0) is 20.8. The fourth-order valence-corrected chi connectivity index (χ4v) is 4.48. The molecule has 0 aliphatic carbocycles. The predicted octanol–water partition coefficient (Wildman–Crippen LogP) is 3.68. The van der Waals surface area contributed by atoms with Gasteiger partial charge in [-0.25, -0.2) is 0 Å². The van der Waals surface area contributed by atoms with E-state index in [4.69, 9.17) is 4.74 Å². The number of para-hydroxylation sites is 1. The monoisotopic (exact) mass is 405 g/mol. The average molecular weight is 406 g/mol. The minimum Gasteiger partial charge on any atom is -0.490 e. The minimum absolute atomic E-state index is 0.103. The van der Waals surface area contributed by atoms with Crippen molar-refractivity contribution < 1.29 is 9.53 Å². The molecule has 2 fully saturated rings. The summed E-state index contributed by atoms with van der Waals surface area (Å²) < 4.78 is 5.59. The highest BCUT2D eigenvalue weighted by Gasteiger charge is 2.30. The van der Waals surface area contributed by atoms with E-state index in [0.29, 0.717) is 24.0 Å². The molecule has 2 aromatic carbocycles. The zero-order valence-electron chi connectivity index (χ0n) is 17.6. The highest BCUT2D eigenvalue weighted by atomic mass is 16.5. The molecule has 0 bridgehead atoms. The number of nitrogens with zero attached hydrogens (tertiary/aromatic N) is 3. The van der Waals surface area contributed by atoms with Gasteiger partial charge in [-0.05, 0) is 43.2 Å². The summed E-state index contributed by atoms with van der Waals surface area (Å²) in [6, 6.07) is 18.6. The molecule has 2 aliphatic heterocycles. The standard InChI is InChI=1S/C25H31N3O2/c1-2-18-30-24-12-6-8-21(19-24)25(29)28-13-7-11-23(20-28)27-16-14-26(15-17-27)22-9-4-3-5-10-22/h2-6,8-10,12,19,23H,1,7,11,13-18,20H2. The average Bonchev–Trinajstić information content (AvgIpc) is 2.83. The van der Waals surface area contributed by atoms with Gasteiger partial charge in [-0.3, -0.25) is 9.69 Å². The number of piperazine rings is 1. The molecule has 4 rings (SSSR count). The lowest BCUT2D eigenvalue weighted by molar-refractivity contribution is 0.0563. The fraction of sp³-hybridized carbons (Fsp3) is 0.400. The molecule has 5 heteroatoms. The van der Waals surface area contributed by atoms with Gasteiger partial charge in [-0.2, -0.15) is 0 Å². The van der Waals surface area contributed by atoms with Crippen molar-refractivity contribution in [2.24, 2.45) is 0 Å². The van der Waals surface area contributed by atoms with Crippen molar-refractivity contribution in [2.45, 2.75) is 18.9 Å². The maximum absolute atomic E-state index is 13.1. The van der Waals surface area contributed by atoms with Gasteiger partial charge in [0.05, 0.1) is 0 Å². The molecule has 1 amide bonds. The van der Waals surface area contributed by atoms with E-state index >= 15 is 0 Å². The SMILES string of the molecule is C=CCOc1cccc(C(=O)N2CCCC(N3CCN(c4ccccc4)CC3)C2)c1. The van der Waals surface area contributed by atoms with Gasteiger partial charge in [-0.1, -0.05) is 36.9 Å². The molecule has 0 spiro atoms. The third kappa shape index (κ3) is 4.85. The summed E-state index contributed by atoms with van der Waals surface area (Å²) in [7, 11) is 0. The van der Waals surface area contributed by atoms with Crippen LogP contribution in [0.25, 0.3) is 0 Å². The van der Waals surface area contributed by atoms with Crippen molar-refractivity contribution in [3.8, 4) is 5.75 Å². The van der Waals surface area contributed by atoms with Crippen LogP contribution >= 0.6 is 0 Å². The van der Waals surface area contributed by atoms with E-state index in [1.54, 1.807) is 6.08 Å². The first-order valence-electron chi connectivity index (χ1n) is 10.9. The fourth-order valence-electron chi connectivity index (χ4n) is 4.48. The molecule has 2 heterocycles. The van der Waals surface area contributed by atoms with Crippen LogP contribution in [0.2, 0.25) is 0 Å². The van der Waals surface area contributed by atoms with Crippen LogP contribution < -0.4 is 9.64 Å².